The SMILES string of the molecule is CCNC(=NCc1ncc(C(C)(C)C)o1)NCCCN(C(C)C)C(C)C.I. The molecule has 158 valence electrons. The van der Waals surface area contributed by atoms with Crippen LogP contribution in [0.4, 0.5) is 0 Å². The topological polar surface area (TPSA) is 65.7 Å². The Bertz CT molecular complexity index is 541. The molecule has 0 saturated heterocycles. The van der Waals surface area contributed by atoms with Crippen molar-refractivity contribution in [1.82, 2.24) is 20.5 Å². The first kappa shape index (κ1) is 26.2. The number of nitrogens with zero attached hydrogens (tertiary/aromatic N) is 3. The van der Waals surface area contributed by atoms with E-state index >= 15 is 0 Å². The minimum atomic E-state index is -0.0313. The Labute approximate surface area is 183 Å². The molecule has 0 amide bonds. The van der Waals surface area contributed by atoms with Gasteiger partial charge in [-0.05, 0) is 41.0 Å². The van der Waals surface area contributed by atoms with Crippen LogP contribution >= 0.6 is 24.0 Å². The molecule has 0 aromatic carbocycles. The highest BCUT2D eigenvalue weighted by molar-refractivity contribution is 14.0. The van der Waals surface area contributed by atoms with E-state index in [0.29, 0.717) is 24.5 Å². The molecular weight excluding hydrogens is 453 g/mol. The van der Waals surface area contributed by atoms with Crippen LogP contribution < -0.4 is 10.6 Å². The number of aromatic nitrogens is 1. The van der Waals surface area contributed by atoms with E-state index in [1.807, 2.05) is 0 Å². The highest BCUT2D eigenvalue weighted by Crippen LogP contribution is 2.22. The summed E-state index contributed by atoms with van der Waals surface area (Å²) in [6.07, 6.45) is 2.88. The summed E-state index contributed by atoms with van der Waals surface area (Å²) >= 11 is 0. The van der Waals surface area contributed by atoms with Crippen LogP contribution in [0.25, 0.3) is 0 Å². The Kier molecular flexibility index (Phi) is 12.2. The number of oxazole rings is 1. The Morgan fingerprint density at radius 2 is 1.81 bits per heavy atom. The molecule has 0 bridgehead atoms. The Hall–Kier alpha value is -0.830. The molecular formula is C20H40IN5O. The van der Waals surface area contributed by atoms with Gasteiger partial charge in [0.05, 0.1) is 6.20 Å². The highest BCUT2D eigenvalue weighted by atomic mass is 127. The fourth-order valence-corrected chi connectivity index (χ4v) is 2.80. The van der Waals surface area contributed by atoms with Gasteiger partial charge < -0.3 is 15.1 Å². The van der Waals surface area contributed by atoms with Crippen molar-refractivity contribution in [3.8, 4) is 0 Å². The van der Waals surface area contributed by atoms with Gasteiger partial charge in [0.15, 0.2) is 5.96 Å². The molecule has 0 saturated carbocycles. The highest BCUT2D eigenvalue weighted by Gasteiger charge is 2.19. The van der Waals surface area contributed by atoms with Gasteiger partial charge in [0.2, 0.25) is 5.89 Å². The normalized spacial score (nSPS) is 12.6. The summed E-state index contributed by atoms with van der Waals surface area (Å²) in [4.78, 5) is 11.4. The van der Waals surface area contributed by atoms with Crippen LogP contribution in [-0.2, 0) is 12.0 Å². The molecule has 1 aromatic rings. The van der Waals surface area contributed by atoms with Crippen molar-refractivity contribution < 1.29 is 4.42 Å². The summed E-state index contributed by atoms with van der Waals surface area (Å²) in [5.74, 6) is 2.35. The lowest BCUT2D eigenvalue weighted by Crippen LogP contribution is -2.41. The minimum Gasteiger partial charge on any atom is -0.443 e. The molecule has 0 radical (unpaired) electrons. The van der Waals surface area contributed by atoms with Crippen molar-refractivity contribution in [2.45, 2.75) is 85.9 Å². The summed E-state index contributed by atoms with van der Waals surface area (Å²) in [5.41, 5.74) is -0.0313. The van der Waals surface area contributed by atoms with Crippen molar-refractivity contribution in [3.05, 3.63) is 17.8 Å². The average Bonchev–Trinajstić information content (AvgIpc) is 3.00. The first-order chi connectivity index (χ1) is 12.1. The largest absolute Gasteiger partial charge is 0.443 e. The first-order valence-corrected chi connectivity index (χ1v) is 9.88. The van der Waals surface area contributed by atoms with Gasteiger partial charge in [0, 0.05) is 37.1 Å². The van der Waals surface area contributed by atoms with Crippen molar-refractivity contribution in [2.24, 2.45) is 4.99 Å². The standard InChI is InChI=1S/C20H39N5O.HI/c1-9-21-19(22-11-10-12-25(15(2)3)16(4)5)24-14-18-23-13-17(26-18)20(6,7)8;/h13,15-16H,9-12,14H2,1-8H3,(H2,21,22,24);1H. The predicted molar refractivity (Wildman–Crippen MR) is 125 cm³/mol. The molecule has 0 unspecified atom stereocenters. The fourth-order valence-electron chi connectivity index (χ4n) is 2.80. The third-order valence-corrected chi connectivity index (χ3v) is 4.22. The van der Waals surface area contributed by atoms with Gasteiger partial charge in [-0.25, -0.2) is 9.98 Å². The smallest absolute Gasteiger partial charge is 0.216 e. The molecule has 1 heterocycles. The molecule has 1 rings (SSSR count). The van der Waals surface area contributed by atoms with E-state index < -0.39 is 0 Å². The second-order valence-electron chi connectivity index (χ2n) is 8.27. The molecule has 0 fully saturated rings. The molecule has 0 aliphatic rings. The Morgan fingerprint density at radius 3 is 2.30 bits per heavy atom. The summed E-state index contributed by atoms with van der Waals surface area (Å²) in [5, 5.41) is 6.68. The predicted octanol–water partition coefficient (Wildman–Crippen LogP) is 4.15. The third kappa shape index (κ3) is 9.78. The number of aliphatic imine (C=N–C) groups is 1. The molecule has 0 atom stereocenters. The lowest BCUT2D eigenvalue weighted by Gasteiger charge is -2.30. The Balaban J connectivity index is 0.00000676. The lowest BCUT2D eigenvalue weighted by molar-refractivity contribution is 0.173. The fraction of sp³-hybridized carbons (Fsp3) is 0.800. The van der Waals surface area contributed by atoms with E-state index in [0.717, 1.165) is 37.8 Å². The molecule has 27 heavy (non-hydrogen) atoms. The van der Waals surface area contributed by atoms with Crippen LogP contribution in [0.1, 0.15) is 73.5 Å². The maximum Gasteiger partial charge on any atom is 0.216 e. The van der Waals surface area contributed by atoms with Crippen molar-refractivity contribution in [3.63, 3.8) is 0 Å². The van der Waals surface area contributed by atoms with Gasteiger partial charge in [-0.2, -0.15) is 0 Å². The van der Waals surface area contributed by atoms with Gasteiger partial charge in [-0.15, -0.1) is 24.0 Å². The van der Waals surface area contributed by atoms with Gasteiger partial charge in [0.25, 0.3) is 0 Å². The zero-order chi connectivity index (χ0) is 19.7. The zero-order valence-electron chi connectivity index (χ0n) is 18.4. The summed E-state index contributed by atoms with van der Waals surface area (Å²) < 4.78 is 5.81. The van der Waals surface area contributed by atoms with Gasteiger partial charge >= 0.3 is 0 Å². The molecule has 2 N–H and O–H groups in total. The van der Waals surface area contributed by atoms with E-state index in [-0.39, 0.29) is 29.4 Å². The van der Waals surface area contributed by atoms with E-state index in [1.165, 1.54) is 0 Å². The zero-order valence-corrected chi connectivity index (χ0v) is 20.8. The second-order valence-corrected chi connectivity index (χ2v) is 8.27. The van der Waals surface area contributed by atoms with Gasteiger partial charge in [0.1, 0.15) is 12.3 Å². The first-order valence-electron chi connectivity index (χ1n) is 9.88. The monoisotopic (exact) mass is 493 g/mol. The number of rotatable bonds is 9. The molecule has 1 aromatic heterocycles. The number of nitrogens with one attached hydrogen (secondary N) is 2. The quantitative estimate of drug-likeness (QED) is 0.234. The van der Waals surface area contributed by atoms with E-state index in [4.69, 9.17) is 4.42 Å². The molecule has 0 aliphatic carbocycles. The van der Waals surface area contributed by atoms with Crippen LogP contribution in [-0.4, -0.2) is 47.6 Å². The van der Waals surface area contributed by atoms with Crippen molar-refractivity contribution in [1.29, 1.82) is 0 Å². The van der Waals surface area contributed by atoms with E-state index in [2.05, 4.69) is 80.9 Å². The number of hydrogen-bond donors (Lipinski definition) is 2. The molecule has 0 spiro atoms. The number of halogens is 1. The average molecular weight is 493 g/mol. The molecule has 0 aliphatic heterocycles. The summed E-state index contributed by atoms with van der Waals surface area (Å²) in [6, 6.07) is 1.14. The summed E-state index contributed by atoms with van der Waals surface area (Å²) in [7, 11) is 0. The lowest BCUT2D eigenvalue weighted by atomic mass is 9.94. The maximum absolute atomic E-state index is 5.81. The van der Waals surface area contributed by atoms with Crippen LogP contribution in [0.15, 0.2) is 15.6 Å². The molecule has 7 heteroatoms. The Morgan fingerprint density at radius 1 is 1.19 bits per heavy atom. The van der Waals surface area contributed by atoms with Gasteiger partial charge in [-0.3, -0.25) is 4.90 Å². The second kappa shape index (κ2) is 12.6. The van der Waals surface area contributed by atoms with Gasteiger partial charge in [-0.1, -0.05) is 20.8 Å². The molecule has 6 nitrogen and oxygen atoms in total. The van der Waals surface area contributed by atoms with Crippen molar-refractivity contribution >= 4 is 29.9 Å². The van der Waals surface area contributed by atoms with E-state index in [1.54, 1.807) is 6.20 Å². The number of hydrogen-bond acceptors (Lipinski definition) is 4. The van der Waals surface area contributed by atoms with Crippen LogP contribution in [0.3, 0.4) is 0 Å². The minimum absolute atomic E-state index is 0. The van der Waals surface area contributed by atoms with Crippen LogP contribution in [0.5, 0.6) is 0 Å². The van der Waals surface area contributed by atoms with Crippen LogP contribution in [0.2, 0.25) is 0 Å². The van der Waals surface area contributed by atoms with Crippen molar-refractivity contribution in [2.75, 3.05) is 19.6 Å². The maximum atomic E-state index is 5.81. The van der Waals surface area contributed by atoms with Crippen LogP contribution in [0, 0.1) is 0 Å². The van der Waals surface area contributed by atoms with E-state index in [9.17, 15) is 0 Å². The summed E-state index contributed by atoms with van der Waals surface area (Å²) in [6.45, 7) is 20.7. The number of guanidine groups is 1. The third-order valence-electron chi connectivity index (χ3n) is 4.22.